The van der Waals surface area contributed by atoms with Gasteiger partial charge in [-0.15, -0.1) is 0 Å². The topological polar surface area (TPSA) is 72.9 Å². The number of hydrogen-bond donors (Lipinski definition) is 2. The molecule has 1 atom stereocenters. The SMILES string of the molecule is CCN1CCC(N(C)C(=O)NCC(C)CC(=O)O)CC1. The Hall–Kier alpha value is -1.30. The lowest BCUT2D eigenvalue weighted by atomic mass is 10.0. The lowest BCUT2D eigenvalue weighted by molar-refractivity contribution is -0.137. The largest absolute Gasteiger partial charge is 0.481 e. The Morgan fingerprint density at radius 1 is 1.40 bits per heavy atom. The summed E-state index contributed by atoms with van der Waals surface area (Å²) < 4.78 is 0. The number of amides is 2. The van der Waals surface area contributed by atoms with Crippen LogP contribution in [0.5, 0.6) is 0 Å². The molecular weight excluding hydrogens is 258 g/mol. The number of carbonyl (C=O) groups excluding carboxylic acids is 1. The zero-order chi connectivity index (χ0) is 15.1. The van der Waals surface area contributed by atoms with Crippen LogP contribution in [0.25, 0.3) is 0 Å². The van der Waals surface area contributed by atoms with Gasteiger partial charge in [0.05, 0.1) is 0 Å². The third-order valence-corrected chi connectivity index (χ3v) is 4.00. The van der Waals surface area contributed by atoms with E-state index in [4.69, 9.17) is 5.11 Å². The first-order chi connectivity index (χ1) is 9.43. The number of carboxylic acid groups (broad SMARTS) is 1. The lowest BCUT2D eigenvalue weighted by Crippen LogP contribution is -2.49. The van der Waals surface area contributed by atoms with Crippen LogP contribution in [0.15, 0.2) is 0 Å². The number of hydrogen-bond acceptors (Lipinski definition) is 3. The van der Waals surface area contributed by atoms with Gasteiger partial charge in [-0.25, -0.2) is 4.79 Å². The van der Waals surface area contributed by atoms with Gasteiger partial charge in [0.15, 0.2) is 0 Å². The lowest BCUT2D eigenvalue weighted by Gasteiger charge is -2.36. The molecule has 0 aliphatic carbocycles. The molecule has 0 radical (unpaired) electrons. The van der Waals surface area contributed by atoms with Crippen LogP contribution >= 0.6 is 0 Å². The van der Waals surface area contributed by atoms with Crippen LogP contribution in [0.1, 0.15) is 33.1 Å². The Balaban J connectivity index is 2.30. The van der Waals surface area contributed by atoms with Crippen LogP contribution in [-0.4, -0.2) is 66.2 Å². The third kappa shape index (κ3) is 5.36. The number of urea groups is 1. The van der Waals surface area contributed by atoms with Crippen molar-refractivity contribution < 1.29 is 14.7 Å². The maximum Gasteiger partial charge on any atom is 0.317 e. The van der Waals surface area contributed by atoms with E-state index in [0.29, 0.717) is 6.54 Å². The average molecular weight is 285 g/mol. The van der Waals surface area contributed by atoms with Crippen LogP contribution in [0, 0.1) is 5.92 Å². The summed E-state index contributed by atoms with van der Waals surface area (Å²) in [4.78, 5) is 26.8. The smallest absolute Gasteiger partial charge is 0.317 e. The minimum absolute atomic E-state index is 0.0493. The van der Waals surface area contributed by atoms with Crippen molar-refractivity contribution in [2.75, 3.05) is 33.2 Å². The van der Waals surface area contributed by atoms with E-state index in [2.05, 4.69) is 17.1 Å². The molecule has 1 aliphatic rings. The standard InChI is InChI=1S/C14H27N3O3/c1-4-17-7-5-12(6-8-17)16(3)14(20)15-10-11(2)9-13(18)19/h11-12H,4-10H2,1-3H3,(H,15,20)(H,18,19). The van der Waals surface area contributed by atoms with Gasteiger partial charge in [-0.1, -0.05) is 13.8 Å². The van der Waals surface area contributed by atoms with Crippen molar-refractivity contribution in [3.05, 3.63) is 0 Å². The van der Waals surface area contributed by atoms with Gasteiger partial charge < -0.3 is 20.2 Å². The monoisotopic (exact) mass is 285 g/mol. The first-order valence-corrected chi connectivity index (χ1v) is 7.38. The van der Waals surface area contributed by atoms with E-state index in [1.54, 1.807) is 4.90 Å². The number of nitrogens with one attached hydrogen (secondary N) is 1. The van der Waals surface area contributed by atoms with Crippen LogP contribution in [-0.2, 0) is 4.79 Å². The molecule has 20 heavy (non-hydrogen) atoms. The molecule has 1 rings (SSSR count). The summed E-state index contributed by atoms with van der Waals surface area (Å²) in [5.41, 5.74) is 0. The molecule has 0 aromatic rings. The molecule has 0 spiro atoms. The number of rotatable bonds is 6. The van der Waals surface area contributed by atoms with E-state index in [9.17, 15) is 9.59 Å². The number of nitrogens with zero attached hydrogens (tertiary/aromatic N) is 2. The average Bonchev–Trinajstić information content (AvgIpc) is 2.43. The van der Waals surface area contributed by atoms with Gasteiger partial charge in [0.2, 0.25) is 0 Å². The van der Waals surface area contributed by atoms with Gasteiger partial charge in [-0.05, 0) is 25.3 Å². The molecule has 0 bridgehead atoms. The second-order valence-electron chi connectivity index (χ2n) is 5.67. The minimum atomic E-state index is -0.827. The van der Waals surface area contributed by atoms with Crippen molar-refractivity contribution in [2.45, 2.75) is 39.2 Å². The fraction of sp³-hybridized carbons (Fsp3) is 0.857. The maximum absolute atomic E-state index is 12.0. The molecule has 0 aromatic heterocycles. The molecule has 1 heterocycles. The zero-order valence-corrected chi connectivity index (χ0v) is 12.8. The van der Waals surface area contributed by atoms with E-state index in [1.807, 2.05) is 14.0 Å². The highest BCUT2D eigenvalue weighted by Crippen LogP contribution is 2.15. The number of likely N-dealkylation sites (tertiary alicyclic amines) is 1. The molecule has 1 fully saturated rings. The quantitative estimate of drug-likeness (QED) is 0.769. The molecule has 1 saturated heterocycles. The highest BCUT2D eigenvalue weighted by molar-refractivity contribution is 5.74. The Bertz CT molecular complexity index is 328. The molecule has 6 heteroatoms. The van der Waals surface area contributed by atoms with E-state index in [0.717, 1.165) is 32.5 Å². The van der Waals surface area contributed by atoms with Crippen LogP contribution in [0.4, 0.5) is 4.79 Å². The zero-order valence-electron chi connectivity index (χ0n) is 12.8. The van der Waals surface area contributed by atoms with Gasteiger partial charge in [0.1, 0.15) is 0 Å². The van der Waals surface area contributed by atoms with Crippen LogP contribution in [0.2, 0.25) is 0 Å². The molecular formula is C14H27N3O3. The Labute approximate surface area is 121 Å². The van der Waals surface area contributed by atoms with Gasteiger partial charge in [0, 0.05) is 39.1 Å². The van der Waals surface area contributed by atoms with Crippen molar-refractivity contribution in [1.82, 2.24) is 15.1 Å². The van der Waals surface area contributed by atoms with Gasteiger partial charge >= 0.3 is 12.0 Å². The molecule has 0 aromatic carbocycles. The summed E-state index contributed by atoms with van der Waals surface area (Å²) in [5.74, 6) is -0.876. The molecule has 2 N–H and O–H groups in total. The van der Waals surface area contributed by atoms with Crippen molar-refractivity contribution >= 4 is 12.0 Å². The number of carbonyl (C=O) groups is 2. The summed E-state index contributed by atoms with van der Waals surface area (Å²) in [5, 5.41) is 11.5. The summed E-state index contributed by atoms with van der Waals surface area (Å²) in [6, 6.07) is 0.185. The second-order valence-corrected chi connectivity index (χ2v) is 5.67. The Morgan fingerprint density at radius 3 is 2.50 bits per heavy atom. The highest BCUT2D eigenvalue weighted by Gasteiger charge is 2.24. The highest BCUT2D eigenvalue weighted by atomic mass is 16.4. The first-order valence-electron chi connectivity index (χ1n) is 7.38. The Morgan fingerprint density at radius 2 is 2.00 bits per heavy atom. The predicted octanol–water partition coefficient (Wildman–Crippen LogP) is 1.22. The van der Waals surface area contributed by atoms with Crippen LogP contribution in [0.3, 0.4) is 0 Å². The molecule has 116 valence electrons. The predicted molar refractivity (Wildman–Crippen MR) is 77.7 cm³/mol. The number of aliphatic carboxylic acids is 1. The first kappa shape index (κ1) is 16.8. The molecule has 6 nitrogen and oxygen atoms in total. The maximum atomic E-state index is 12.0. The second kappa shape index (κ2) is 8.09. The van der Waals surface area contributed by atoms with Crippen molar-refractivity contribution in [1.29, 1.82) is 0 Å². The third-order valence-electron chi connectivity index (χ3n) is 4.00. The number of piperidine rings is 1. The Kier molecular flexibility index (Phi) is 6.78. The summed E-state index contributed by atoms with van der Waals surface area (Å²) in [7, 11) is 1.82. The summed E-state index contributed by atoms with van der Waals surface area (Å²) in [6.07, 6.45) is 2.09. The van der Waals surface area contributed by atoms with E-state index >= 15 is 0 Å². The van der Waals surface area contributed by atoms with Crippen LogP contribution < -0.4 is 5.32 Å². The van der Waals surface area contributed by atoms with Crippen molar-refractivity contribution in [3.8, 4) is 0 Å². The molecule has 2 amide bonds. The van der Waals surface area contributed by atoms with Gasteiger partial charge in [0.25, 0.3) is 0 Å². The van der Waals surface area contributed by atoms with Crippen molar-refractivity contribution in [3.63, 3.8) is 0 Å². The van der Waals surface area contributed by atoms with Gasteiger partial charge in [-0.2, -0.15) is 0 Å². The summed E-state index contributed by atoms with van der Waals surface area (Å²) in [6.45, 7) is 7.52. The molecule has 0 saturated carbocycles. The molecule has 1 aliphatic heterocycles. The van der Waals surface area contributed by atoms with Gasteiger partial charge in [-0.3, -0.25) is 4.79 Å². The summed E-state index contributed by atoms with van der Waals surface area (Å²) >= 11 is 0. The fourth-order valence-electron chi connectivity index (χ4n) is 2.55. The van der Waals surface area contributed by atoms with Crippen molar-refractivity contribution in [2.24, 2.45) is 5.92 Å². The molecule has 1 unspecified atom stereocenters. The fourth-order valence-corrected chi connectivity index (χ4v) is 2.55. The minimum Gasteiger partial charge on any atom is -0.481 e. The van der Waals surface area contributed by atoms with E-state index < -0.39 is 5.97 Å². The van der Waals surface area contributed by atoms with E-state index in [1.165, 1.54) is 0 Å². The number of carboxylic acids is 1. The van der Waals surface area contributed by atoms with E-state index in [-0.39, 0.29) is 24.4 Å². The normalized spacial score (nSPS) is 18.6.